The number of nitriles is 1. The van der Waals surface area contributed by atoms with Crippen LogP contribution in [0, 0.1) is 14.9 Å². The molecule has 0 aliphatic rings. The van der Waals surface area contributed by atoms with Crippen molar-refractivity contribution in [3.63, 3.8) is 0 Å². The van der Waals surface area contributed by atoms with Crippen molar-refractivity contribution in [2.45, 2.75) is 13.5 Å². The van der Waals surface area contributed by atoms with Gasteiger partial charge in [-0.15, -0.1) is 0 Å². The SMILES string of the molecule is CCOc1cc(C#N)cc(I)c1OCc1cccc(Cl)c1. The van der Waals surface area contributed by atoms with Crippen LogP contribution in [0.4, 0.5) is 0 Å². The van der Waals surface area contributed by atoms with Crippen molar-refractivity contribution in [1.82, 2.24) is 0 Å². The second-order valence-corrected chi connectivity index (χ2v) is 5.85. The fourth-order valence-electron chi connectivity index (χ4n) is 1.82. The highest BCUT2D eigenvalue weighted by Gasteiger charge is 2.12. The smallest absolute Gasteiger partial charge is 0.175 e. The van der Waals surface area contributed by atoms with Crippen molar-refractivity contribution in [3.8, 4) is 17.6 Å². The van der Waals surface area contributed by atoms with Crippen LogP contribution in [0.15, 0.2) is 36.4 Å². The van der Waals surface area contributed by atoms with Crippen LogP contribution in [0.3, 0.4) is 0 Å². The molecule has 0 aliphatic heterocycles. The molecule has 3 nitrogen and oxygen atoms in total. The zero-order chi connectivity index (χ0) is 15.2. The van der Waals surface area contributed by atoms with Gasteiger partial charge in [0.25, 0.3) is 0 Å². The van der Waals surface area contributed by atoms with E-state index in [0.717, 1.165) is 9.13 Å². The van der Waals surface area contributed by atoms with E-state index in [9.17, 15) is 0 Å². The Balaban J connectivity index is 2.24. The Bertz CT molecular complexity index is 682. The van der Waals surface area contributed by atoms with Gasteiger partial charge in [0.05, 0.1) is 21.8 Å². The molecule has 0 atom stereocenters. The predicted octanol–water partition coefficient (Wildman–Crippen LogP) is 4.79. The molecular formula is C16H13ClINO2. The molecule has 108 valence electrons. The molecule has 0 bridgehead atoms. The van der Waals surface area contributed by atoms with E-state index in [4.69, 9.17) is 26.3 Å². The standard InChI is InChI=1S/C16H13ClINO2/c1-2-20-15-8-12(9-19)7-14(18)16(15)21-10-11-4-3-5-13(17)6-11/h3-8H,2,10H2,1H3. The monoisotopic (exact) mass is 413 g/mol. The van der Waals surface area contributed by atoms with E-state index >= 15 is 0 Å². The number of halogens is 2. The Morgan fingerprint density at radius 2 is 2.05 bits per heavy atom. The highest BCUT2D eigenvalue weighted by Crippen LogP contribution is 2.34. The molecule has 2 aromatic rings. The van der Waals surface area contributed by atoms with Crippen molar-refractivity contribution >= 4 is 34.2 Å². The molecule has 5 heteroatoms. The molecule has 0 unspecified atom stereocenters. The maximum Gasteiger partial charge on any atom is 0.175 e. The van der Waals surface area contributed by atoms with Gasteiger partial charge >= 0.3 is 0 Å². The second kappa shape index (κ2) is 7.53. The third kappa shape index (κ3) is 4.26. The van der Waals surface area contributed by atoms with Crippen molar-refractivity contribution < 1.29 is 9.47 Å². The summed E-state index contributed by atoms with van der Waals surface area (Å²) in [5.74, 6) is 1.24. The van der Waals surface area contributed by atoms with Gasteiger partial charge in [0.2, 0.25) is 0 Å². The van der Waals surface area contributed by atoms with Gasteiger partial charge in [0, 0.05) is 11.1 Å². The van der Waals surface area contributed by atoms with Crippen LogP contribution in [-0.2, 0) is 6.61 Å². The molecule has 0 amide bonds. The summed E-state index contributed by atoms with van der Waals surface area (Å²) >= 11 is 8.10. The lowest BCUT2D eigenvalue weighted by Crippen LogP contribution is -2.02. The van der Waals surface area contributed by atoms with Crippen LogP contribution >= 0.6 is 34.2 Å². The summed E-state index contributed by atoms with van der Waals surface area (Å²) in [6.07, 6.45) is 0. The molecule has 0 saturated heterocycles. The van der Waals surface area contributed by atoms with Gasteiger partial charge in [0.1, 0.15) is 6.61 Å². The first-order chi connectivity index (χ1) is 10.1. The molecule has 0 aliphatic carbocycles. The average Bonchev–Trinajstić information content (AvgIpc) is 2.46. The Morgan fingerprint density at radius 1 is 1.24 bits per heavy atom. The fraction of sp³-hybridized carbons (Fsp3) is 0.188. The van der Waals surface area contributed by atoms with Gasteiger partial charge < -0.3 is 9.47 Å². The van der Waals surface area contributed by atoms with E-state index in [1.807, 2.05) is 31.2 Å². The summed E-state index contributed by atoms with van der Waals surface area (Å²) in [6, 6.07) is 13.1. The minimum absolute atomic E-state index is 0.391. The quantitative estimate of drug-likeness (QED) is 0.662. The zero-order valence-electron chi connectivity index (χ0n) is 11.4. The Hall–Kier alpha value is -1.45. The van der Waals surface area contributed by atoms with E-state index < -0.39 is 0 Å². The first kappa shape index (κ1) is 15.9. The highest BCUT2D eigenvalue weighted by atomic mass is 127. The summed E-state index contributed by atoms with van der Waals surface area (Å²) in [5.41, 5.74) is 1.53. The van der Waals surface area contributed by atoms with Crippen molar-refractivity contribution in [3.05, 3.63) is 56.1 Å². The van der Waals surface area contributed by atoms with Crippen LogP contribution in [0.25, 0.3) is 0 Å². The fourth-order valence-corrected chi connectivity index (χ4v) is 2.79. The number of nitrogens with zero attached hydrogens (tertiary/aromatic N) is 1. The molecule has 0 aromatic heterocycles. The topological polar surface area (TPSA) is 42.2 Å². The van der Waals surface area contributed by atoms with Gasteiger partial charge in [-0.3, -0.25) is 0 Å². The van der Waals surface area contributed by atoms with Gasteiger partial charge in [-0.1, -0.05) is 23.7 Å². The first-order valence-corrected chi connectivity index (χ1v) is 7.83. The summed E-state index contributed by atoms with van der Waals surface area (Å²) in [7, 11) is 0. The van der Waals surface area contributed by atoms with Gasteiger partial charge in [0.15, 0.2) is 11.5 Å². The third-order valence-electron chi connectivity index (χ3n) is 2.71. The predicted molar refractivity (Wildman–Crippen MR) is 90.8 cm³/mol. The highest BCUT2D eigenvalue weighted by molar-refractivity contribution is 14.1. The zero-order valence-corrected chi connectivity index (χ0v) is 14.3. The van der Waals surface area contributed by atoms with Crippen molar-refractivity contribution in [2.75, 3.05) is 6.61 Å². The number of benzene rings is 2. The van der Waals surface area contributed by atoms with E-state index in [2.05, 4.69) is 28.7 Å². The number of rotatable bonds is 5. The molecule has 0 N–H and O–H groups in total. The van der Waals surface area contributed by atoms with Crippen molar-refractivity contribution in [2.24, 2.45) is 0 Å². The second-order valence-electron chi connectivity index (χ2n) is 4.25. The Morgan fingerprint density at radius 3 is 2.71 bits per heavy atom. The largest absolute Gasteiger partial charge is 0.490 e. The molecule has 0 fully saturated rings. The summed E-state index contributed by atoms with van der Waals surface area (Å²) < 4.78 is 12.3. The van der Waals surface area contributed by atoms with Gasteiger partial charge in [-0.2, -0.15) is 5.26 Å². The molecule has 0 saturated carbocycles. The summed E-state index contributed by atoms with van der Waals surface area (Å²) in [5, 5.41) is 9.70. The molecule has 2 rings (SSSR count). The lowest BCUT2D eigenvalue weighted by Gasteiger charge is -2.14. The normalized spacial score (nSPS) is 10.0. The van der Waals surface area contributed by atoms with Crippen LogP contribution < -0.4 is 9.47 Å². The lowest BCUT2D eigenvalue weighted by atomic mass is 10.2. The molecule has 0 heterocycles. The van der Waals surface area contributed by atoms with Crippen molar-refractivity contribution in [1.29, 1.82) is 5.26 Å². The first-order valence-electron chi connectivity index (χ1n) is 6.37. The van der Waals surface area contributed by atoms with E-state index in [0.29, 0.717) is 35.3 Å². The molecule has 0 radical (unpaired) electrons. The summed E-state index contributed by atoms with van der Waals surface area (Å²) in [4.78, 5) is 0. The van der Waals surface area contributed by atoms with Gasteiger partial charge in [-0.05, 0) is 53.3 Å². The maximum atomic E-state index is 9.02. The van der Waals surface area contributed by atoms with E-state index in [-0.39, 0.29) is 0 Å². The number of hydrogen-bond donors (Lipinski definition) is 0. The Labute approximate surface area is 142 Å². The van der Waals surface area contributed by atoms with Crippen LogP contribution in [0.2, 0.25) is 5.02 Å². The average molecular weight is 414 g/mol. The van der Waals surface area contributed by atoms with Crippen LogP contribution in [0.5, 0.6) is 11.5 Å². The third-order valence-corrected chi connectivity index (χ3v) is 3.75. The number of ether oxygens (including phenoxy) is 2. The summed E-state index contributed by atoms with van der Waals surface area (Å²) in [6.45, 7) is 2.80. The van der Waals surface area contributed by atoms with Crippen LogP contribution in [0.1, 0.15) is 18.1 Å². The molecular weight excluding hydrogens is 401 g/mol. The molecule has 0 spiro atoms. The van der Waals surface area contributed by atoms with E-state index in [1.165, 1.54) is 0 Å². The minimum Gasteiger partial charge on any atom is -0.490 e. The number of hydrogen-bond acceptors (Lipinski definition) is 3. The minimum atomic E-state index is 0.391. The Kier molecular flexibility index (Phi) is 5.71. The molecule has 2 aromatic carbocycles. The molecule has 21 heavy (non-hydrogen) atoms. The maximum absolute atomic E-state index is 9.02. The van der Waals surface area contributed by atoms with Crippen LogP contribution in [-0.4, -0.2) is 6.61 Å². The van der Waals surface area contributed by atoms with E-state index in [1.54, 1.807) is 12.1 Å². The van der Waals surface area contributed by atoms with Gasteiger partial charge in [-0.25, -0.2) is 0 Å². The lowest BCUT2D eigenvalue weighted by molar-refractivity contribution is 0.267.